The van der Waals surface area contributed by atoms with Crippen LogP contribution in [0.4, 0.5) is 0 Å². The second kappa shape index (κ2) is 7.11. The molecule has 1 saturated carbocycles. The maximum absolute atomic E-state index is 13.4. The predicted molar refractivity (Wildman–Crippen MR) is 109 cm³/mol. The van der Waals surface area contributed by atoms with Crippen molar-refractivity contribution in [3.8, 4) is 5.75 Å². The van der Waals surface area contributed by atoms with Gasteiger partial charge in [-0.15, -0.1) is 0 Å². The van der Waals surface area contributed by atoms with E-state index in [9.17, 15) is 39.9 Å². The van der Waals surface area contributed by atoms with Gasteiger partial charge in [-0.2, -0.15) is 0 Å². The maximum Gasteiger partial charge on any atom is 0.256 e. The van der Waals surface area contributed by atoms with Crippen molar-refractivity contribution in [3.05, 3.63) is 40.7 Å². The molecule has 4 rings (SSSR count). The van der Waals surface area contributed by atoms with Crippen LogP contribution in [-0.4, -0.2) is 81.0 Å². The number of hydrogen-bond acceptors (Lipinski definition) is 8. The number of phenolic OH excluding ortho intramolecular Hbond substituents is 1. The monoisotopic (exact) mass is 447 g/mol. The zero-order chi connectivity index (χ0) is 23.9. The van der Waals surface area contributed by atoms with Crippen LogP contribution in [0.5, 0.6) is 5.75 Å². The van der Waals surface area contributed by atoms with Crippen molar-refractivity contribution in [2.45, 2.75) is 36.7 Å². The maximum atomic E-state index is 13.4. The van der Waals surface area contributed by atoms with Gasteiger partial charge in [0.2, 0.25) is 5.78 Å². The molecule has 0 saturated heterocycles. The summed E-state index contributed by atoms with van der Waals surface area (Å²) in [6, 6.07) is 3.29. The smallest absolute Gasteiger partial charge is 0.256 e. The fraction of sp³-hybridized carbons (Fsp3) is 0.500. The molecule has 3 aliphatic rings. The third kappa shape index (κ3) is 2.57. The Morgan fingerprint density at radius 1 is 1.12 bits per heavy atom. The van der Waals surface area contributed by atoms with Crippen molar-refractivity contribution in [1.82, 2.24) is 0 Å². The summed E-state index contributed by atoms with van der Waals surface area (Å²) in [5.74, 6) is -8.61. The van der Waals surface area contributed by atoms with E-state index in [0.717, 1.165) is 0 Å². The number of likely N-dealkylation sites (N-methyl/N-ethyl adjacent to an activating group) is 1. The molecule has 0 spiro atoms. The van der Waals surface area contributed by atoms with Crippen molar-refractivity contribution in [2.24, 2.45) is 23.5 Å². The van der Waals surface area contributed by atoms with E-state index >= 15 is 0 Å². The summed E-state index contributed by atoms with van der Waals surface area (Å²) in [4.78, 5) is 38.9. The Balaban J connectivity index is 1.99. The number of phenols is 1. The second-order valence-corrected chi connectivity index (χ2v) is 9.29. The standard InChI is InChI=1S/C22H26N2O8/c1-7-8-5-4-6-9(25)11(8)16(26)12-10(7)17(27)14-15(24(2)3)18(28)13(21(23)31)20(30)22(14,32)19(12)29/h4-7,10,12,14-15,17,19,25,27,29-30,32H,1-3H3,(H2,23,31)/p+1/t7-,10-,12+,14-,15-,17-,19+,22-/m0/s1. The SMILES string of the molecule is C[C@H]1c2cccc(O)c2C(=O)[C@H]2[C@H]1[C@H](O)[C@@H]1[C@H]([NH+](C)C)C(=O)C(C(N)=O)=C(O)[C@@]1(O)[C@@H]2O. The number of nitrogens with one attached hydrogen (secondary N) is 1. The molecule has 1 aromatic rings. The number of benzene rings is 1. The van der Waals surface area contributed by atoms with Crippen LogP contribution in [0.1, 0.15) is 28.8 Å². The summed E-state index contributed by atoms with van der Waals surface area (Å²) in [5.41, 5.74) is 2.19. The van der Waals surface area contributed by atoms with Gasteiger partial charge in [0.15, 0.2) is 17.4 Å². The number of aromatic hydroxyl groups is 1. The highest BCUT2D eigenvalue weighted by molar-refractivity contribution is 6.21. The number of fused-ring (bicyclic) bond motifs is 3. The number of aliphatic hydroxyl groups excluding tert-OH is 3. The fourth-order valence-electron chi connectivity index (χ4n) is 6.14. The minimum Gasteiger partial charge on any atom is -0.508 e. The molecule has 1 amide bonds. The highest BCUT2D eigenvalue weighted by Gasteiger charge is 2.71. The Morgan fingerprint density at radius 3 is 2.31 bits per heavy atom. The van der Waals surface area contributed by atoms with Gasteiger partial charge >= 0.3 is 0 Å². The van der Waals surface area contributed by atoms with Crippen molar-refractivity contribution in [1.29, 1.82) is 0 Å². The molecule has 0 aromatic heterocycles. The molecule has 172 valence electrons. The Labute approximate surface area is 183 Å². The van der Waals surface area contributed by atoms with Gasteiger partial charge in [-0.25, -0.2) is 0 Å². The normalized spacial score (nSPS) is 38.9. The molecule has 3 aliphatic carbocycles. The fourth-order valence-corrected chi connectivity index (χ4v) is 6.14. The van der Waals surface area contributed by atoms with Crippen molar-refractivity contribution >= 4 is 17.5 Å². The van der Waals surface area contributed by atoms with Crippen LogP contribution in [0.25, 0.3) is 0 Å². The molecule has 10 heteroatoms. The van der Waals surface area contributed by atoms with Crippen LogP contribution in [-0.2, 0) is 9.59 Å². The second-order valence-electron chi connectivity index (χ2n) is 9.29. The van der Waals surface area contributed by atoms with Crippen LogP contribution in [0.15, 0.2) is 29.5 Å². The summed E-state index contributed by atoms with van der Waals surface area (Å²) >= 11 is 0. The number of hydrogen-bond donors (Lipinski definition) is 7. The lowest BCUT2D eigenvalue weighted by Gasteiger charge is -2.57. The van der Waals surface area contributed by atoms with Gasteiger partial charge in [0.25, 0.3) is 5.91 Å². The van der Waals surface area contributed by atoms with E-state index in [1.807, 2.05) is 0 Å². The third-order valence-corrected chi connectivity index (χ3v) is 7.54. The highest BCUT2D eigenvalue weighted by atomic mass is 16.4. The van der Waals surface area contributed by atoms with E-state index < -0.39 is 76.3 Å². The molecule has 0 aliphatic heterocycles. The lowest BCUT2D eigenvalue weighted by Crippen LogP contribution is -3.13. The summed E-state index contributed by atoms with van der Waals surface area (Å²) < 4.78 is 0. The molecular weight excluding hydrogens is 420 g/mol. The number of primary amides is 1. The Hall–Kier alpha value is -2.79. The van der Waals surface area contributed by atoms with Crippen LogP contribution in [0.3, 0.4) is 0 Å². The Kier molecular flexibility index (Phi) is 4.98. The number of carbonyl (C=O) groups is 3. The minimum absolute atomic E-state index is 0.0326. The van der Waals surface area contributed by atoms with Gasteiger partial charge in [0.05, 0.1) is 37.6 Å². The van der Waals surface area contributed by atoms with E-state index in [1.165, 1.54) is 6.07 Å². The van der Waals surface area contributed by atoms with Gasteiger partial charge in [-0.3, -0.25) is 14.4 Å². The quantitative estimate of drug-likeness (QED) is 0.241. The van der Waals surface area contributed by atoms with E-state index in [1.54, 1.807) is 33.2 Å². The Bertz CT molecular complexity index is 1070. The molecule has 1 fully saturated rings. The molecule has 8 atom stereocenters. The van der Waals surface area contributed by atoms with Crippen LogP contribution < -0.4 is 10.6 Å². The lowest BCUT2D eigenvalue weighted by atomic mass is 9.50. The average molecular weight is 447 g/mol. The number of Topliss-reactive ketones (excluding diaryl/α,β-unsaturated/α-hetero) is 2. The van der Waals surface area contributed by atoms with Crippen molar-refractivity contribution < 1.29 is 44.8 Å². The number of rotatable bonds is 2. The predicted octanol–water partition coefficient (Wildman–Crippen LogP) is -2.60. The summed E-state index contributed by atoms with van der Waals surface area (Å²) in [5, 5.41) is 55.5. The first kappa shape index (κ1) is 22.4. The summed E-state index contributed by atoms with van der Waals surface area (Å²) in [6.45, 7) is 1.72. The van der Waals surface area contributed by atoms with Gasteiger partial charge in [-0.05, 0) is 17.5 Å². The number of nitrogens with two attached hydrogens (primary N) is 1. The topological polar surface area (TPSA) is 183 Å². The highest BCUT2D eigenvalue weighted by Crippen LogP contribution is 2.55. The van der Waals surface area contributed by atoms with Crippen molar-refractivity contribution in [3.63, 3.8) is 0 Å². The van der Waals surface area contributed by atoms with E-state index in [-0.39, 0.29) is 11.3 Å². The van der Waals surface area contributed by atoms with Crippen LogP contribution in [0.2, 0.25) is 0 Å². The van der Waals surface area contributed by atoms with E-state index in [4.69, 9.17) is 5.73 Å². The number of amides is 1. The first-order valence-electron chi connectivity index (χ1n) is 10.4. The summed E-state index contributed by atoms with van der Waals surface area (Å²) in [7, 11) is 3.13. The first-order valence-corrected chi connectivity index (χ1v) is 10.4. The molecule has 32 heavy (non-hydrogen) atoms. The van der Waals surface area contributed by atoms with Crippen molar-refractivity contribution in [2.75, 3.05) is 14.1 Å². The molecule has 0 bridgehead atoms. The zero-order valence-corrected chi connectivity index (χ0v) is 17.8. The van der Waals surface area contributed by atoms with Gasteiger partial charge < -0.3 is 36.2 Å². The molecule has 0 radical (unpaired) electrons. The molecule has 8 N–H and O–H groups in total. The number of aliphatic hydroxyl groups is 4. The van der Waals surface area contributed by atoms with E-state index in [2.05, 4.69) is 0 Å². The molecule has 10 nitrogen and oxygen atoms in total. The first-order chi connectivity index (χ1) is 14.9. The molecular formula is C22H27N2O8+. The van der Waals surface area contributed by atoms with Gasteiger partial charge in [0.1, 0.15) is 23.2 Å². The molecule has 1 aromatic carbocycles. The van der Waals surface area contributed by atoms with Crippen LogP contribution in [0, 0.1) is 17.8 Å². The number of quaternary nitrogens is 1. The lowest BCUT2D eigenvalue weighted by molar-refractivity contribution is -0.882. The largest absolute Gasteiger partial charge is 0.508 e. The summed E-state index contributed by atoms with van der Waals surface area (Å²) in [6.07, 6.45) is -3.49. The number of carbonyl (C=O) groups excluding carboxylic acids is 3. The Morgan fingerprint density at radius 2 is 1.75 bits per heavy atom. The average Bonchev–Trinajstić information content (AvgIpc) is 2.70. The third-order valence-electron chi connectivity index (χ3n) is 7.54. The molecule has 0 heterocycles. The molecule has 0 unspecified atom stereocenters. The number of ketones is 2. The van der Waals surface area contributed by atoms with Gasteiger partial charge in [0, 0.05) is 5.92 Å². The van der Waals surface area contributed by atoms with Gasteiger partial charge in [-0.1, -0.05) is 19.1 Å². The van der Waals surface area contributed by atoms with Crippen LogP contribution >= 0.6 is 0 Å². The zero-order valence-electron chi connectivity index (χ0n) is 17.8. The van der Waals surface area contributed by atoms with E-state index in [0.29, 0.717) is 10.5 Å². The minimum atomic E-state index is -2.68.